The second-order valence-electron chi connectivity index (χ2n) is 1.03. The second kappa shape index (κ2) is 13.7. The van der Waals surface area contributed by atoms with Gasteiger partial charge in [-0.2, -0.15) is 0 Å². The van der Waals surface area contributed by atoms with Crippen molar-refractivity contribution >= 4 is 31.9 Å². The number of hydrogen-bond acceptors (Lipinski definition) is 6. The Labute approximate surface area is 160 Å². The molecule has 0 bridgehead atoms. The van der Waals surface area contributed by atoms with Crippen LogP contribution in [0, 0.1) is 0 Å². The molecule has 0 aliphatic rings. The van der Waals surface area contributed by atoms with Crippen molar-refractivity contribution < 1.29 is 120 Å². The fraction of sp³-hybridized carbons (Fsp3) is 1.00. The fourth-order valence-corrected chi connectivity index (χ4v) is 0.919. The summed E-state index contributed by atoms with van der Waals surface area (Å²) in [7, 11) is -1.77. The Morgan fingerprint density at radius 3 is 2.27 bits per heavy atom. The van der Waals surface area contributed by atoms with E-state index >= 15 is 0 Å². The van der Waals surface area contributed by atoms with Gasteiger partial charge in [-0.3, -0.25) is 4.21 Å². The molecule has 0 N–H and O–H groups in total. The van der Waals surface area contributed by atoms with Gasteiger partial charge in [0, 0.05) is 12.4 Å². The van der Waals surface area contributed by atoms with Crippen LogP contribution in [0.25, 0.3) is 0 Å². The Kier molecular flexibility index (Phi) is 25.1. The van der Waals surface area contributed by atoms with E-state index in [1.54, 1.807) is 0 Å². The summed E-state index contributed by atoms with van der Waals surface area (Å²) in [6.45, 7) is -0.105. The quantitative estimate of drug-likeness (QED) is 0.287. The smallest absolute Gasteiger partial charge is 0.772 e. The average Bonchev–Trinajstić information content (AvgIpc) is 1.63. The Hall–Kier alpha value is 3.71. The van der Waals surface area contributed by atoms with Crippen LogP contribution < -0.4 is 103 Å². The third-order valence-corrected chi connectivity index (χ3v) is 1.58. The van der Waals surface area contributed by atoms with Crippen LogP contribution in [0.1, 0.15) is 0 Å². The van der Waals surface area contributed by atoms with Crippen LogP contribution in [0.5, 0.6) is 0 Å². The maximum absolute atomic E-state index is 9.93. The van der Waals surface area contributed by atoms with Gasteiger partial charge in [0.05, 0.1) is 0 Å². The van der Waals surface area contributed by atoms with Gasteiger partial charge in [-0.25, -0.2) is 11.2 Å². The van der Waals surface area contributed by atoms with E-state index in [0.717, 1.165) is 0 Å². The van der Waals surface area contributed by atoms with Crippen molar-refractivity contribution in [3.63, 3.8) is 0 Å². The van der Waals surface area contributed by atoms with E-state index in [-0.39, 0.29) is 115 Å². The van der Waals surface area contributed by atoms with E-state index in [0.29, 0.717) is 0 Å². The van der Waals surface area contributed by atoms with Gasteiger partial charge in [-0.1, -0.05) is 20.7 Å². The first-order chi connectivity index (χ1) is 4.13. The first-order valence-electron chi connectivity index (χ1n) is 1.91. The standard InChI is InChI=1S/C2H5O4S3.2K/c3-8(4)2-1-6-9(5)7;;/h1-2H2,(H,3,4);;/q-1;2*+1/p-1. The molecule has 0 saturated heterocycles. The molecule has 0 aliphatic heterocycles. The summed E-state index contributed by atoms with van der Waals surface area (Å²) in [5, 5.41) is 0. The molecule has 0 heterocycles. The minimum atomic E-state index is -2.14. The van der Waals surface area contributed by atoms with E-state index in [9.17, 15) is 13.0 Å². The third-order valence-electron chi connectivity index (χ3n) is 0.430. The molecule has 0 radical (unpaired) electrons. The summed E-state index contributed by atoms with van der Waals surface area (Å²) in [6, 6.07) is 0. The minimum Gasteiger partial charge on any atom is -0.772 e. The van der Waals surface area contributed by atoms with Crippen LogP contribution in [0.15, 0.2) is 0 Å². The maximum atomic E-state index is 9.93. The monoisotopic (exact) mass is 266 g/mol. The Morgan fingerprint density at radius 2 is 2.00 bits per heavy atom. The summed E-state index contributed by atoms with van der Waals surface area (Å²) in [6.07, 6.45) is 0. The molecule has 11 heavy (non-hydrogen) atoms. The molecular formula is C2H4K2O4S3. The average molecular weight is 266 g/mol. The topological polar surface area (TPSA) is 66.4 Å². The first-order valence-corrected chi connectivity index (χ1v) is 5.15. The van der Waals surface area contributed by atoms with E-state index in [2.05, 4.69) is 15.4 Å². The van der Waals surface area contributed by atoms with Crippen molar-refractivity contribution in [2.45, 2.75) is 0 Å². The van der Waals surface area contributed by atoms with Crippen LogP contribution in [0.3, 0.4) is 0 Å². The zero-order valence-electron chi connectivity index (χ0n) is 6.27. The van der Waals surface area contributed by atoms with Crippen molar-refractivity contribution in [3.8, 4) is 0 Å². The van der Waals surface area contributed by atoms with Crippen LogP contribution in [-0.4, -0.2) is 21.1 Å². The summed E-state index contributed by atoms with van der Waals surface area (Å²) in [5.41, 5.74) is 0. The van der Waals surface area contributed by atoms with Gasteiger partial charge in [-0.15, -0.1) is 0 Å². The molecule has 0 fully saturated rings. The predicted molar refractivity (Wildman–Crippen MR) is 35.2 cm³/mol. The molecule has 0 spiro atoms. The molecule has 4 nitrogen and oxygen atoms in total. The zero-order valence-corrected chi connectivity index (χ0v) is 15.0. The SMILES string of the molecule is O=S([O-])CCO[S-](=O)=S.[K+].[K+]. The van der Waals surface area contributed by atoms with E-state index < -0.39 is 20.7 Å². The number of rotatable bonds is 4. The van der Waals surface area contributed by atoms with Gasteiger partial charge in [0.25, 0.3) is 0 Å². The van der Waals surface area contributed by atoms with Crippen LogP contribution in [0.2, 0.25) is 0 Å². The molecule has 1 unspecified atom stereocenters. The third kappa shape index (κ3) is 19.9. The van der Waals surface area contributed by atoms with Gasteiger partial charge in [0.15, 0.2) is 0 Å². The molecule has 1 atom stereocenters. The summed E-state index contributed by atoms with van der Waals surface area (Å²) in [5.74, 6) is -0.164. The molecule has 0 aromatic rings. The van der Waals surface area contributed by atoms with Crippen molar-refractivity contribution in [1.82, 2.24) is 0 Å². The molecule has 0 aliphatic carbocycles. The van der Waals surface area contributed by atoms with Crippen LogP contribution >= 0.6 is 0 Å². The summed E-state index contributed by atoms with van der Waals surface area (Å²) in [4.78, 5) is 0. The molecule has 9 heteroatoms. The van der Waals surface area contributed by atoms with Crippen LogP contribution in [0.4, 0.5) is 0 Å². The number of hydrogen-bond donors (Lipinski definition) is 0. The molecule has 56 valence electrons. The van der Waals surface area contributed by atoms with Crippen molar-refractivity contribution in [1.29, 1.82) is 0 Å². The molecule has 0 saturated carbocycles. The fourth-order valence-electron chi connectivity index (χ4n) is 0.170. The Bertz CT molecular complexity index is 161. The van der Waals surface area contributed by atoms with Crippen molar-refractivity contribution in [2.75, 3.05) is 12.4 Å². The van der Waals surface area contributed by atoms with Crippen LogP contribution in [-0.2, 0) is 40.3 Å². The van der Waals surface area contributed by atoms with E-state index in [1.165, 1.54) is 0 Å². The molecule has 0 amide bonds. The van der Waals surface area contributed by atoms with Gasteiger partial charge in [0.1, 0.15) is 0 Å². The molecule has 0 aromatic heterocycles. The van der Waals surface area contributed by atoms with E-state index in [4.69, 9.17) is 0 Å². The van der Waals surface area contributed by atoms with Crippen molar-refractivity contribution in [3.05, 3.63) is 0 Å². The zero-order chi connectivity index (χ0) is 7.28. The van der Waals surface area contributed by atoms with E-state index in [1.807, 2.05) is 0 Å². The van der Waals surface area contributed by atoms with Gasteiger partial charge >= 0.3 is 103 Å². The van der Waals surface area contributed by atoms with Crippen molar-refractivity contribution in [2.24, 2.45) is 0 Å². The minimum absolute atomic E-state index is 0. The summed E-state index contributed by atoms with van der Waals surface area (Å²) >= 11 is 1.94. The second-order valence-corrected chi connectivity index (χ2v) is 3.51. The normalized spacial score (nSPS) is 11.5. The van der Waals surface area contributed by atoms with Gasteiger partial charge < -0.3 is 12.9 Å². The molecule has 0 rings (SSSR count). The Morgan fingerprint density at radius 1 is 1.55 bits per heavy atom. The van der Waals surface area contributed by atoms with Gasteiger partial charge in [-0.05, 0) is 0 Å². The first kappa shape index (κ1) is 20.2. The van der Waals surface area contributed by atoms with Gasteiger partial charge in [0.2, 0.25) is 0 Å². The molecular weight excluding hydrogens is 262 g/mol. The summed E-state index contributed by atoms with van der Waals surface area (Å²) < 4.78 is 33.7. The largest absolute Gasteiger partial charge is 1.00 e. The predicted octanol–water partition coefficient (Wildman–Crippen LogP) is -6.77. The maximum Gasteiger partial charge on any atom is 1.00 e. The molecule has 0 aromatic carbocycles. The Balaban J connectivity index is -0.000000320.